The molecule has 0 rings (SSSR count). The summed E-state index contributed by atoms with van der Waals surface area (Å²) in [4.78, 5) is 13.6. The summed E-state index contributed by atoms with van der Waals surface area (Å²) >= 11 is 0. The van der Waals surface area contributed by atoms with Crippen LogP contribution in [0.4, 0.5) is 0 Å². The third-order valence-corrected chi connectivity index (χ3v) is 2.68. The van der Waals surface area contributed by atoms with Crippen molar-refractivity contribution in [3.05, 3.63) is 0 Å². The molecule has 0 aliphatic heterocycles. The number of amides is 1. The van der Waals surface area contributed by atoms with Crippen LogP contribution >= 0.6 is 0 Å². The summed E-state index contributed by atoms with van der Waals surface area (Å²) in [6.07, 6.45) is 1.07. The molecule has 4 heteroatoms. The zero-order valence-electron chi connectivity index (χ0n) is 9.79. The predicted octanol–water partition coefficient (Wildman–Crippen LogP) is 1.16. The van der Waals surface area contributed by atoms with Gasteiger partial charge in [0.15, 0.2) is 0 Å². The first-order valence-corrected chi connectivity index (χ1v) is 5.37. The van der Waals surface area contributed by atoms with Crippen LogP contribution in [0.3, 0.4) is 0 Å². The van der Waals surface area contributed by atoms with Gasteiger partial charge < -0.3 is 10.0 Å². The third kappa shape index (κ3) is 3.52. The van der Waals surface area contributed by atoms with Gasteiger partial charge >= 0.3 is 0 Å². The van der Waals surface area contributed by atoms with E-state index in [2.05, 4.69) is 6.07 Å². The highest BCUT2D eigenvalue weighted by atomic mass is 16.3. The molecule has 0 aliphatic rings. The highest BCUT2D eigenvalue weighted by Crippen LogP contribution is 2.22. The van der Waals surface area contributed by atoms with E-state index in [1.807, 2.05) is 13.8 Å². The molecule has 0 saturated heterocycles. The second-order valence-corrected chi connectivity index (χ2v) is 3.76. The number of rotatable bonds is 6. The van der Waals surface area contributed by atoms with E-state index >= 15 is 0 Å². The monoisotopic (exact) mass is 212 g/mol. The highest BCUT2D eigenvalue weighted by Gasteiger charge is 2.34. The molecule has 15 heavy (non-hydrogen) atoms. The lowest BCUT2D eigenvalue weighted by molar-refractivity contribution is -0.138. The fourth-order valence-corrected chi connectivity index (χ4v) is 1.29. The number of nitriles is 1. The largest absolute Gasteiger partial charge is 0.396 e. The molecular formula is C11H20N2O2. The minimum Gasteiger partial charge on any atom is -0.396 e. The van der Waals surface area contributed by atoms with Crippen molar-refractivity contribution in [3.8, 4) is 6.07 Å². The molecule has 1 unspecified atom stereocenters. The van der Waals surface area contributed by atoms with Gasteiger partial charge in [0, 0.05) is 19.7 Å². The Morgan fingerprint density at radius 1 is 1.53 bits per heavy atom. The van der Waals surface area contributed by atoms with E-state index < -0.39 is 5.41 Å². The lowest BCUT2D eigenvalue weighted by atomic mass is 9.87. The van der Waals surface area contributed by atoms with Gasteiger partial charge in [-0.25, -0.2) is 0 Å². The zero-order chi connectivity index (χ0) is 11.9. The van der Waals surface area contributed by atoms with Crippen molar-refractivity contribution >= 4 is 5.91 Å². The smallest absolute Gasteiger partial charge is 0.242 e. The first-order chi connectivity index (χ1) is 7.05. The number of aliphatic hydroxyl groups excluding tert-OH is 1. The van der Waals surface area contributed by atoms with Gasteiger partial charge in [0.25, 0.3) is 0 Å². The number of carbonyl (C=O) groups is 1. The Balaban J connectivity index is 4.57. The maximum Gasteiger partial charge on any atom is 0.242 e. The van der Waals surface area contributed by atoms with E-state index in [9.17, 15) is 4.79 Å². The second kappa shape index (κ2) is 6.41. The van der Waals surface area contributed by atoms with Gasteiger partial charge in [-0.1, -0.05) is 6.92 Å². The maximum atomic E-state index is 12.0. The SMILES string of the molecule is CCN(CCCO)C(=O)C(C)(C#N)CC. The first kappa shape index (κ1) is 13.9. The van der Waals surface area contributed by atoms with E-state index in [0.29, 0.717) is 25.9 Å². The predicted molar refractivity (Wildman–Crippen MR) is 58.0 cm³/mol. The fourth-order valence-electron chi connectivity index (χ4n) is 1.29. The molecule has 0 aliphatic carbocycles. The average molecular weight is 212 g/mol. The van der Waals surface area contributed by atoms with Gasteiger partial charge in [-0.2, -0.15) is 5.26 Å². The number of nitrogens with zero attached hydrogens (tertiary/aromatic N) is 2. The van der Waals surface area contributed by atoms with E-state index in [0.717, 1.165) is 0 Å². The van der Waals surface area contributed by atoms with E-state index in [4.69, 9.17) is 10.4 Å². The van der Waals surface area contributed by atoms with Gasteiger partial charge in [-0.3, -0.25) is 4.79 Å². The Kier molecular flexibility index (Phi) is 5.95. The van der Waals surface area contributed by atoms with E-state index in [1.165, 1.54) is 0 Å². The van der Waals surface area contributed by atoms with Crippen LogP contribution in [0.5, 0.6) is 0 Å². The second-order valence-electron chi connectivity index (χ2n) is 3.76. The van der Waals surface area contributed by atoms with Crippen molar-refractivity contribution in [2.75, 3.05) is 19.7 Å². The van der Waals surface area contributed by atoms with Gasteiger partial charge in [0.2, 0.25) is 5.91 Å². The summed E-state index contributed by atoms with van der Waals surface area (Å²) in [6, 6.07) is 2.07. The van der Waals surface area contributed by atoms with Crippen LogP contribution < -0.4 is 0 Å². The first-order valence-electron chi connectivity index (χ1n) is 5.37. The van der Waals surface area contributed by atoms with Crippen LogP contribution in [-0.2, 0) is 4.79 Å². The molecule has 1 N–H and O–H groups in total. The van der Waals surface area contributed by atoms with Crippen LogP contribution in [0.1, 0.15) is 33.6 Å². The quantitative estimate of drug-likeness (QED) is 0.718. The van der Waals surface area contributed by atoms with Crippen LogP contribution in [0.2, 0.25) is 0 Å². The average Bonchev–Trinajstić information content (AvgIpc) is 2.28. The molecule has 0 bridgehead atoms. The summed E-state index contributed by atoms with van der Waals surface area (Å²) in [5.41, 5.74) is -0.925. The number of hydrogen-bond donors (Lipinski definition) is 1. The maximum absolute atomic E-state index is 12.0. The van der Waals surface area contributed by atoms with Crippen molar-refractivity contribution in [2.45, 2.75) is 33.6 Å². The molecule has 0 fully saturated rings. The number of carbonyl (C=O) groups excluding carboxylic acids is 1. The summed E-state index contributed by atoms with van der Waals surface area (Å²) in [5, 5.41) is 17.7. The topological polar surface area (TPSA) is 64.3 Å². The lowest BCUT2D eigenvalue weighted by Crippen LogP contribution is -2.42. The van der Waals surface area contributed by atoms with E-state index in [1.54, 1.807) is 11.8 Å². The summed E-state index contributed by atoms with van der Waals surface area (Å²) < 4.78 is 0. The standard InChI is InChI=1S/C11H20N2O2/c1-4-11(3,9-12)10(15)13(5-2)7-6-8-14/h14H,4-8H2,1-3H3. The molecule has 1 amide bonds. The Labute approximate surface area is 91.5 Å². The molecule has 0 spiro atoms. The van der Waals surface area contributed by atoms with Crippen molar-refractivity contribution < 1.29 is 9.90 Å². The molecular weight excluding hydrogens is 192 g/mol. The Bertz CT molecular complexity index is 247. The van der Waals surface area contributed by atoms with E-state index in [-0.39, 0.29) is 12.5 Å². The summed E-state index contributed by atoms with van der Waals surface area (Å²) in [6.45, 7) is 6.54. The Hall–Kier alpha value is -1.08. The molecule has 4 nitrogen and oxygen atoms in total. The van der Waals surface area contributed by atoms with Crippen molar-refractivity contribution in [3.63, 3.8) is 0 Å². The number of hydrogen-bond acceptors (Lipinski definition) is 3. The number of aliphatic hydroxyl groups is 1. The molecule has 86 valence electrons. The normalized spacial score (nSPS) is 14.1. The van der Waals surface area contributed by atoms with Gasteiger partial charge in [0.05, 0.1) is 6.07 Å². The van der Waals surface area contributed by atoms with Crippen LogP contribution in [-0.4, -0.2) is 35.6 Å². The molecule has 0 radical (unpaired) electrons. The van der Waals surface area contributed by atoms with Gasteiger partial charge in [0.1, 0.15) is 5.41 Å². The van der Waals surface area contributed by atoms with Crippen LogP contribution in [0, 0.1) is 16.7 Å². The minimum absolute atomic E-state index is 0.0686. The zero-order valence-corrected chi connectivity index (χ0v) is 9.79. The fraction of sp³-hybridized carbons (Fsp3) is 0.818. The minimum atomic E-state index is -0.925. The van der Waals surface area contributed by atoms with Crippen molar-refractivity contribution in [1.29, 1.82) is 5.26 Å². The molecule has 0 aromatic heterocycles. The summed E-state index contributed by atoms with van der Waals surface area (Å²) in [5.74, 6) is -0.136. The summed E-state index contributed by atoms with van der Waals surface area (Å²) in [7, 11) is 0. The molecule has 0 saturated carbocycles. The molecule has 0 aromatic carbocycles. The van der Waals surface area contributed by atoms with Gasteiger partial charge in [-0.05, 0) is 26.7 Å². The molecule has 0 aromatic rings. The Morgan fingerprint density at radius 3 is 2.47 bits per heavy atom. The lowest BCUT2D eigenvalue weighted by Gasteiger charge is -2.28. The van der Waals surface area contributed by atoms with Crippen molar-refractivity contribution in [1.82, 2.24) is 4.90 Å². The molecule has 0 heterocycles. The molecule has 1 atom stereocenters. The highest BCUT2D eigenvalue weighted by molar-refractivity contribution is 5.85. The Morgan fingerprint density at radius 2 is 2.13 bits per heavy atom. The van der Waals surface area contributed by atoms with Crippen LogP contribution in [0.25, 0.3) is 0 Å². The van der Waals surface area contributed by atoms with Crippen molar-refractivity contribution in [2.24, 2.45) is 5.41 Å². The van der Waals surface area contributed by atoms with Crippen LogP contribution in [0.15, 0.2) is 0 Å². The van der Waals surface area contributed by atoms with Gasteiger partial charge in [-0.15, -0.1) is 0 Å². The third-order valence-electron chi connectivity index (χ3n) is 2.68.